The van der Waals surface area contributed by atoms with Crippen LogP contribution >= 0.6 is 0 Å². The summed E-state index contributed by atoms with van der Waals surface area (Å²) in [5.41, 5.74) is 2.00. The number of methoxy groups -OCH3 is 1. The van der Waals surface area contributed by atoms with Gasteiger partial charge in [-0.05, 0) is 36.6 Å². The smallest absolute Gasteiger partial charge is 0.355 e. The molecule has 150 valence electrons. The van der Waals surface area contributed by atoms with E-state index in [1.54, 1.807) is 19.1 Å². The Balaban J connectivity index is 2.02. The number of halogens is 1. The normalized spacial score (nSPS) is 10.5. The molecule has 0 bridgehead atoms. The Morgan fingerprint density at radius 2 is 1.93 bits per heavy atom. The van der Waals surface area contributed by atoms with E-state index >= 15 is 0 Å². The first-order valence-electron chi connectivity index (χ1n) is 8.73. The molecule has 0 aliphatic rings. The molecule has 0 aliphatic carbocycles. The summed E-state index contributed by atoms with van der Waals surface area (Å²) < 4.78 is 23.1. The summed E-state index contributed by atoms with van der Waals surface area (Å²) in [5, 5.41) is 0. The number of aromatic amines is 1. The largest absolute Gasteiger partial charge is 0.465 e. The Kier molecular flexibility index (Phi) is 6.92. The van der Waals surface area contributed by atoms with E-state index in [1.165, 1.54) is 31.2 Å². The molecular formula is C20H23FN2O5. The summed E-state index contributed by atoms with van der Waals surface area (Å²) in [7, 11) is 2.80. The second kappa shape index (κ2) is 9.16. The van der Waals surface area contributed by atoms with Gasteiger partial charge in [0.15, 0.2) is 6.61 Å². The van der Waals surface area contributed by atoms with E-state index in [0.29, 0.717) is 28.8 Å². The van der Waals surface area contributed by atoms with Crippen LogP contribution in [-0.4, -0.2) is 48.5 Å². The summed E-state index contributed by atoms with van der Waals surface area (Å²) >= 11 is 0. The van der Waals surface area contributed by atoms with Gasteiger partial charge in [-0.3, -0.25) is 4.79 Å². The van der Waals surface area contributed by atoms with Gasteiger partial charge in [-0.1, -0.05) is 19.1 Å². The molecule has 7 nitrogen and oxygen atoms in total. The molecule has 0 radical (unpaired) electrons. The van der Waals surface area contributed by atoms with Gasteiger partial charge in [0.1, 0.15) is 11.5 Å². The molecule has 0 saturated heterocycles. The van der Waals surface area contributed by atoms with Gasteiger partial charge in [0, 0.05) is 19.3 Å². The standard InChI is InChI=1S/C20H23FN2O5/c1-5-15-17(19(25)27-4)12(2)18(22-15)20(26)28-11-16(24)23(3)10-13-7-6-8-14(21)9-13/h6-9,22H,5,10-11H2,1-4H3. The van der Waals surface area contributed by atoms with Crippen molar-refractivity contribution in [1.29, 1.82) is 0 Å². The average molecular weight is 390 g/mol. The number of esters is 2. The van der Waals surface area contributed by atoms with Crippen LogP contribution in [0.1, 0.15) is 44.6 Å². The summed E-state index contributed by atoms with van der Waals surface area (Å²) in [6.45, 7) is 3.15. The van der Waals surface area contributed by atoms with Crippen LogP contribution in [0.25, 0.3) is 0 Å². The van der Waals surface area contributed by atoms with Crippen LogP contribution in [0.5, 0.6) is 0 Å². The van der Waals surface area contributed by atoms with Crippen LogP contribution in [0.2, 0.25) is 0 Å². The van der Waals surface area contributed by atoms with Crippen LogP contribution in [0.3, 0.4) is 0 Å². The minimum atomic E-state index is -0.741. The topological polar surface area (TPSA) is 88.7 Å². The van der Waals surface area contributed by atoms with Crippen LogP contribution in [0.15, 0.2) is 24.3 Å². The van der Waals surface area contributed by atoms with Gasteiger partial charge in [0.05, 0.1) is 12.7 Å². The highest BCUT2D eigenvalue weighted by molar-refractivity contribution is 5.99. The Labute approximate surface area is 162 Å². The van der Waals surface area contributed by atoms with E-state index < -0.39 is 24.5 Å². The zero-order valence-electron chi connectivity index (χ0n) is 16.3. The molecule has 2 aromatic rings. The Morgan fingerprint density at radius 1 is 1.21 bits per heavy atom. The highest BCUT2D eigenvalue weighted by Gasteiger charge is 2.25. The number of hydrogen-bond donors (Lipinski definition) is 1. The van der Waals surface area contributed by atoms with Crippen LogP contribution < -0.4 is 0 Å². The van der Waals surface area contributed by atoms with E-state index in [-0.39, 0.29) is 18.1 Å². The second-order valence-electron chi connectivity index (χ2n) is 6.28. The van der Waals surface area contributed by atoms with Gasteiger partial charge < -0.3 is 19.4 Å². The minimum absolute atomic E-state index is 0.109. The Morgan fingerprint density at radius 3 is 2.54 bits per heavy atom. The number of carbonyl (C=O) groups excluding carboxylic acids is 3. The predicted molar refractivity (Wildman–Crippen MR) is 99.4 cm³/mol. The van der Waals surface area contributed by atoms with Crippen LogP contribution in [0, 0.1) is 12.7 Å². The molecule has 1 N–H and O–H groups in total. The molecule has 2 rings (SSSR count). The molecular weight excluding hydrogens is 367 g/mol. The maximum Gasteiger partial charge on any atom is 0.355 e. The van der Waals surface area contributed by atoms with E-state index in [1.807, 2.05) is 6.92 Å². The number of nitrogens with one attached hydrogen (secondary N) is 1. The van der Waals surface area contributed by atoms with E-state index in [9.17, 15) is 18.8 Å². The number of H-pyrrole nitrogens is 1. The lowest BCUT2D eigenvalue weighted by Crippen LogP contribution is -2.31. The fraction of sp³-hybridized carbons (Fsp3) is 0.350. The van der Waals surface area contributed by atoms with Gasteiger partial charge in [0.2, 0.25) is 0 Å². The van der Waals surface area contributed by atoms with Crippen LogP contribution in [0.4, 0.5) is 4.39 Å². The number of hydrogen-bond acceptors (Lipinski definition) is 5. The molecule has 0 aliphatic heterocycles. The van der Waals surface area contributed by atoms with Crippen molar-refractivity contribution in [2.24, 2.45) is 0 Å². The molecule has 1 heterocycles. The van der Waals surface area contributed by atoms with Gasteiger partial charge in [-0.15, -0.1) is 0 Å². The minimum Gasteiger partial charge on any atom is -0.465 e. The Hall–Kier alpha value is -3.16. The number of amides is 1. The number of aromatic nitrogens is 1. The fourth-order valence-corrected chi connectivity index (χ4v) is 2.81. The molecule has 28 heavy (non-hydrogen) atoms. The highest BCUT2D eigenvalue weighted by atomic mass is 19.1. The van der Waals surface area contributed by atoms with E-state index in [4.69, 9.17) is 9.47 Å². The Bertz CT molecular complexity index is 891. The van der Waals surface area contributed by atoms with E-state index in [2.05, 4.69) is 4.98 Å². The molecule has 0 atom stereocenters. The van der Waals surface area contributed by atoms with Crippen molar-refractivity contribution in [3.05, 3.63) is 58.2 Å². The highest BCUT2D eigenvalue weighted by Crippen LogP contribution is 2.21. The molecule has 1 aromatic carbocycles. The molecule has 0 unspecified atom stereocenters. The number of benzene rings is 1. The molecule has 1 amide bonds. The summed E-state index contributed by atoms with van der Waals surface area (Å²) in [6, 6.07) is 5.90. The van der Waals surface area contributed by atoms with Gasteiger partial charge in [-0.2, -0.15) is 0 Å². The number of aryl methyl sites for hydroxylation is 1. The maximum atomic E-state index is 13.2. The molecule has 8 heteroatoms. The lowest BCUT2D eigenvalue weighted by atomic mass is 10.1. The van der Waals surface area contributed by atoms with Gasteiger partial charge >= 0.3 is 11.9 Å². The molecule has 0 spiro atoms. The number of rotatable bonds is 7. The lowest BCUT2D eigenvalue weighted by molar-refractivity contribution is -0.133. The first kappa shape index (κ1) is 21.1. The summed E-state index contributed by atoms with van der Waals surface area (Å²) in [5.74, 6) is -2.11. The fourth-order valence-electron chi connectivity index (χ4n) is 2.81. The average Bonchev–Trinajstić information content (AvgIpc) is 3.01. The van der Waals surface area contributed by atoms with Crippen molar-refractivity contribution in [3.8, 4) is 0 Å². The lowest BCUT2D eigenvalue weighted by Gasteiger charge is -2.17. The monoisotopic (exact) mass is 390 g/mol. The number of ether oxygens (including phenoxy) is 2. The summed E-state index contributed by atoms with van der Waals surface area (Å²) in [6.07, 6.45) is 0.494. The zero-order chi connectivity index (χ0) is 20.8. The second-order valence-corrected chi connectivity index (χ2v) is 6.28. The zero-order valence-corrected chi connectivity index (χ0v) is 16.3. The molecule has 1 aromatic heterocycles. The van der Waals surface area contributed by atoms with Crippen molar-refractivity contribution in [2.45, 2.75) is 26.8 Å². The first-order chi connectivity index (χ1) is 13.3. The van der Waals surface area contributed by atoms with Crippen molar-refractivity contribution in [1.82, 2.24) is 9.88 Å². The van der Waals surface area contributed by atoms with Crippen molar-refractivity contribution in [2.75, 3.05) is 20.8 Å². The molecule has 0 saturated carbocycles. The number of likely N-dealkylation sites (N-methyl/N-ethyl adjacent to an activating group) is 1. The third-order valence-electron chi connectivity index (χ3n) is 4.34. The van der Waals surface area contributed by atoms with Crippen LogP contribution in [-0.2, 0) is 27.2 Å². The number of carbonyl (C=O) groups is 3. The predicted octanol–water partition coefficient (Wildman–Crippen LogP) is 2.63. The third kappa shape index (κ3) is 4.76. The SMILES string of the molecule is CCc1[nH]c(C(=O)OCC(=O)N(C)Cc2cccc(F)c2)c(C)c1C(=O)OC. The van der Waals surface area contributed by atoms with Crippen molar-refractivity contribution < 1.29 is 28.2 Å². The third-order valence-corrected chi connectivity index (χ3v) is 4.34. The maximum absolute atomic E-state index is 13.2. The molecule has 0 fully saturated rings. The summed E-state index contributed by atoms with van der Waals surface area (Å²) in [4.78, 5) is 40.7. The van der Waals surface area contributed by atoms with Crippen molar-refractivity contribution >= 4 is 17.8 Å². The van der Waals surface area contributed by atoms with E-state index in [0.717, 1.165) is 0 Å². The van der Waals surface area contributed by atoms with Gasteiger partial charge in [-0.25, -0.2) is 14.0 Å². The van der Waals surface area contributed by atoms with Crippen molar-refractivity contribution in [3.63, 3.8) is 0 Å². The number of nitrogens with zero attached hydrogens (tertiary/aromatic N) is 1. The van der Waals surface area contributed by atoms with Gasteiger partial charge in [0.25, 0.3) is 5.91 Å². The quantitative estimate of drug-likeness (QED) is 0.734. The first-order valence-corrected chi connectivity index (χ1v) is 8.73.